The van der Waals surface area contributed by atoms with Gasteiger partial charge in [-0.05, 0) is 62.1 Å². The van der Waals surface area contributed by atoms with Crippen LogP contribution in [-0.2, 0) is 0 Å². The molecule has 0 aromatic carbocycles. The average molecular weight is 469 g/mol. The van der Waals surface area contributed by atoms with Crippen molar-refractivity contribution in [3.63, 3.8) is 0 Å². The maximum Gasteiger partial charge on any atom is 0.164 e. The number of hydrogen-bond donors (Lipinski definition) is 1. The lowest BCUT2D eigenvalue weighted by Gasteiger charge is -2.43. The molecular weight excluding hydrogens is 441 g/mol. The molecule has 1 saturated carbocycles. The van der Waals surface area contributed by atoms with Crippen LogP contribution in [0.1, 0.15) is 45.6 Å². The van der Waals surface area contributed by atoms with Gasteiger partial charge in [0, 0.05) is 38.3 Å². The van der Waals surface area contributed by atoms with E-state index >= 15 is 0 Å². The van der Waals surface area contributed by atoms with Gasteiger partial charge in [-0.2, -0.15) is 5.10 Å². The van der Waals surface area contributed by atoms with Crippen molar-refractivity contribution in [2.45, 2.75) is 57.7 Å². The van der Waals surface area contributed by atoms with Gasteiger partial charge in [0.25, 0.3) is 0 Å². The van der Waals surface area contributed by atoms with Gasteiger partial charge in [0.2, 0.25) is 0 Å². The normalized spacial score (nSPS) is 26.0. The minimum absolute atomic E-state index is 0.420. The van der Waals surface area contributed by atoms with E-state index < -0.39 is 0 Å². The second kappa shape index (κ2) is 7.55. The molecule has 0 amide bonds. The smallest absolute Gasteiger partial charge is 0.164 e. The summed E-state index contributed by atoms with van der Waals surface area (Å²) in [6.45, 7) is 9.42. The highest BCUT2D eigenvalue weighted by Crippen LogP contribution is 2.34. The quantitative estimate of drug-likeness (QED) is 0.697. The van der Waals surface area contributed by atoms with Crippen LogP contribution in [-0.4, -0.2) is 67.8 Å². The first-order valence-corrected chi connectivity index (χ1v) is 10.7. The van der Waals surface area contributed by atoms with E-state index in [1.54, 1.807) is 6.33 Å². The highest BCUT2D eigenvalue weighted by atomic mass is 127. The summed E-state index contributed by atoms with van der Waals surface area (Å²) >= 11 is 2.24. The van der Waals surface area contributed by atoms with Crippen molar-refractivity contribution >= 4 is 39.4 Å². The SMILES string of the molecule is CC(C)N1CCN(C2CCC(n3nc(I)c4c(N)ncnc43)CC2)CC1. The Labute approximate surface area is 168 Å². The Hall–Kier alpha value is -1.00. The zero-order chi connectivity index (χ0) is 18.3. The van der Waals surface area contributed by atoms with Crippen LogP contribution in [0.5, 0.6) is 0 Å². The number of piperazine rings is 1. The van der Waals surface area contributed by atoms with E-state index in [4.69, 9.17) is 10.8 Å². The number of fused-ring (bicyclic) bond motifs is 1. The third-order valence-corrected chi connectivity index (χ3v) is 6.84. The van der Waals surface area contributed by atoms with Gasteiger partial charge in [0.1, 0.15) is 15.8 Å². The molecule has 2 aromatic rings. The molecule has 0 bridgehead atoms. The monoisotopic (exact) mass is 469 g/mol. The summed E-state index contributed by atoms with van der Waals surface area (Å²) in [4.78, 5) is 13.9. The standard InChI is InChI=1S/C18H28IN7/c1-12(2)24-7-9-25(10-8-24)13-3-5-14(6-4-13)26-18-15(16(19)23-26)17(20)21-11-22-18/h11-14H,3-10H2,1-2H3,(H2,20,21,22). The van der Waals surface area contributed by atoms with Crippen LogP contribution in [0.25, 0.3) is 11.0 Å². The van der Waals surface area contributed by atoms with E-state index in [1.165, 1.54) is 39.0 Å². The van der Waals surface area contributed by atoms with Gasteiger partial charge in [-0.25, -0.2) is 14.6 Å². The van der Waals surface area contributed by atoms with Crippen LogP contribution in [0.15, 0.2) is 6.33 Å². The van der Waals surface area contributed by atoms with E-state index in [2.05, 4.69) is 60.9 Å². The third kappa shape index (κ3) is 3.43. The highest BCUT2D eigenvalue weighted by molar-refractivity contribution is 14.1. The van der Waals surface area contributed by atoms with Gasteiger partial charge >= 0.3 is 0 Å². The molecule has 1 saturated heterocycles. The van der Waals surface area contributed by atoms with Gasteiger partial charge in [-0.3, -0.25) is 9.80 Å². The second-order valence-electron chi connectivity index (χ2n) is 7.82. The second-order valence-corrected chi connectivity index (χ2v) is 8.84. The lowest BCUT2D eigenvalue weighted by molar-refractivity contribution is 0.0577. The maximum atomic E-state index is 6.03. The number of rotatable bonds is 3. The summed E-state index contributed by atoms with van der Waals surface area (Å²) in [5.74, 6) is 0.530. The predicted octanol–water partition coefficient (Wildman–Crippen LogP) is 2.52. The van der Waals surface area contributed by atoms with Crippen LogP contribution in [0.2, 0.25) is 0 Å². The Kier molecular flexibility index (Phi) is 5.34. The van der Waals surface area contributed by atoms with Crippen LogP contribution in [0.4, 0.5) is 5.82 Å². The van der Waals surface area contributed by atoms with Gasteiger partial charge in [-0.15, -0.1) is 0 Å². The van der Waals surface area contributed by atoms with Crippen LogP contribution in [0, 0.1) is 3.70 Å². The molecule has 1 aliphatic carbocycles. The van der Waals surface area contributed by atoms with E-state index in [0.29, 0.717) is 17.9 Å². The van der Waals surface area contributed by atoms with Crippen molar-refractivity contribution in [2.75, 3.05) is 31.9 Å². The van der Waals surface area contributed by atoms with Crippen LogP contribution >= 0.6 is 22.6 Å². The Balaban J connectivity index is 1.41. The van der Waals surface area contributed by atoms with E-state index in [-0.39, 0.29) is 0 Å². The molecule has 2 aromatic heterocycles. The minimum Gasteiger partial charge on any atom is -0.383 e. The van der Waals surface area contributed by atoms with Crippen LogP contribution < -0.4 is 5.73 Å². The molecule has 1 aliphatic heterocycles. The molecule has 4 rings (SSSR count). The minimum atomic E-state index is 0.420. The molecule has 2 fully saturated rings. The highest BCUT2D eigenvalue weighted by Gasteiger charge is 2.31. The molecule has 7 nitrogen and oxygen atoms in total. The topological polar surface area (TPSA) is 76.1 Å². The molecule has 0 atom stereocenters. The number of nitrogens with two attached hydrogens (primary N) is 1. The fourth-order valence-corrected chi connectivity index (χ4v) is 5.24. The molecule has 2 aliphatic rings. The summed E-state index contributed by atoms with van der Waals surface area (Å²) in [7, 11) is 0. The Morgan fingerprint density at radius 2 is 1.69 bits per heavy atom. The molecular formula is C18H28IN7. The summed E-state index contributed by atoms with van der Waals surface area (Å²) in [6.07, 6.45) is 6.35. The molecule has 0 radical (unpaired) electrons. The summed E-state index contributed by atoms with van der Waals surface area (Å²) in [5, 5.41) is 5.64. The molecule has 142 valence electrons. The van der Waals surface area contributed by atoms with Crippen molar-refractivity contribution in [1.82, 2.24) is 29.5 Å². The van der Waals surface area contributed by atoms with Gasteiger partial charge in [0.05, 0.1) is 11.4 Å². The molecule has 26 heavy (non-hydrogen) atoms. The Bertz CT molecular complexity index is 758. The number of hydrogen-bond acceptors (Lipinski definition) is 6. The van der Waals surface area contributed by atoms with Crippen molar-refractivity contribution in [2.24, 2.45) is 0 Å². The zero-order valence-electron chi connectivity index (χ0n) is 15.6. The molecule has 3 heterocycles. The Morgan fingerprint density at radius 3 is 2.35 bits per heavy atom. The first-order chi connectivity index (χ1) is 12.5. The number of aromatic nitrogens is 4. The van der Waals surface area contributed by atoms with Gasteiger partial charge in [0.15, 0.2) is 5.65 Å². The van der Waals surface area contributed by atoms with Gasteiger partial charge < -0.3 is 5.73 Å². The van der Waals surface area contributed by atoms with E-state index in [9.17, 15) is 0 Å². The Morgan fingerprint density at radius 1 is 1.04 bits per heavy atom. The van der Waals surface area contributed by atoms with E-state index in [0.717, 1.165) is 33.6 Å². The molecule has 8 heteroatoms. The fraction of sp³-hybridized carbons (Fsp3) is 0.722. The van der Waals surface area contributed by atoms with Gasteiger partial charge in [-0.1, -0.05) is 0 Å². The summed E-state index contributed by atoms with van der Waals surface area (Å²) in [5.41, 5.74) is 6.92. The van der Waals surface area contributed by atoms with Crippen molar-refractivity contribution < 1.29 is 0 Å². The number of nitrogen functional groups attached to an aromatic ring is 1. The summed E-state index contributed by atoms with van der Waals surface area (Å²) < 4.78 is 3.00. The molecule has 0 unspecified atom stereocenters. The third-order valence-electron chi connectivity index (χ3n) is 6.08. The fourth-order valence-electron chi connectivity index (χ4n) is 4.49. The number of anilines is 1. The van der Waals surface area contributed by atoms with E-state index in [1.807, 2.05) is 0 Å². The van der Waals surface area contributed by atoms with Crippen LogP contribution in [0.3, 0.4) is 0 Å². The number of halogens is 1. The first-order valence-electron chi connectivity index (χ1n) is 9.67. The summed E-state index contributed by atoms with van der Waals surface area (Å²) in [6, 6.07) is 1.81. The molecule has 0 spiro atoms. The van der Waals surface area contributed by atoms with Crippen molar-refractivity contribution in [3.8, 4) is 0 Å². The molecule has 2 N–H and O–H groups in total. The first kappa shape index (κ1) is 18.4. The predicted molar refractivity (Wildman–Crippen MR) is 112 cm³/mol. The lowest BCUT2D eigenvalue weighted by atomic mass is 9.90. The largest absolute Gasteiger partial charge is 0.383 e. The lowest BCUT2D eigenvalue weighted by Crippen LogP contribution is -2.52. The van der Waals surface area contributed by atoms with Crippen molar-refractivity contribution in [3.05, 3.63) is 10.0 Å². The number of nitrogens with zero attached hydrogens (tertiary/aromatic N) is 6. The average Bonchev–Trinajstić information content (AvgIpc) is 3.00. The van der Waals surface area contributed by atoms with Crippen molar-refractivity contribution in [1.29, 1.82) is 0 Å². The maximum absolute atomic E-state index is 6.03. The zero-order valence-corrected chi connectivity index (χ0v) is 17.8.